The van der Waals surface area contributed by atoms with Gasteiger partial charge in [-0.15, -0.1) is 0 Å². The average Bonchev–Trinajstić information content (AvgIpc) is 1.98. The summed E-state index contributed by atoms with van der Waals surface area (Å²) in [6.07, 6.45) is 0. The normalized spacial score (nSPS) is 10.0. The Labute approximate surface area is 59.2 Å². The van der Waals surface area contributed by atoms with Gasteiger partial charge in [0.1, 0.15) is 4.47 Å². The van der Waals surface area contributed by atoms with Crippen LogP contribution in [0, 0.1) is 0 Å². The van der Waals surface area contributed by atoms with E-state index in [1.807, 2.05) is 0 Å². The number of aromatic hydroxyl groups is 1. The van der Waals surface area contributed by atoms with Crippen molar-refractivity contribution in [3.05, 3.63) is 14.8 Å². The standard InChI is InChI=1S/C4H5BrN2O2/c1-7-4(9)2(5)3(8)6-7/h9H,1H3,(H,6,8). The number of rotatable bonds is 0. The fourth-order valence-corrected chi connectivity index (χ4v) is 0.858. The highest BCUT2D eigenvalue weighted by molar-refractivity contribution is 9.10. The summed E-state index contributed by atoms with van der Waals surface area (Å²) >= 11 is 2.89. The zero-order valence-electron chi connectivity index (χ0n) is 4.68. The van der Waals surface area contributed by atoms with Gasteiger partial charge < -0.3 is 5.11 Å². The molecule has 0 aliphatic rings. The van der Waals surface area contributed by atoms with Gasteiger partial charge in [0.05, 0.1) is 0 Å². The van der Waals surface area contributed by atoms with Gasteiger partial charge in [-0.05, 0) is 15.9 Å². The van der Waals surface area contributed by atoms with Crippen LogP contribution in [-0.4, -0.2) is 14.9 Å². The SMILES string of the molecule is Cn1[nH]c(=O)c(Br)c1O. The van der Waals surface area contributed by atoms with E-state index >= 15 is 0 Å². The van der Waals surface area contributed by atoms with Gasteiger partial charge in [-0.3, -0.25) is 14.6 Å². The van der Waals surface area contributed by atoms with E-state index in [2.05, 4.69) is 21.0 Å². The Morgan fingerprint density at radius 3 is 2.44 bits per heavy atom. The molecule has 5 heteroatoms. The second-order valence-corrected chi connectivity index (χ2v) is 2.43. The molecular formula is C4H5BrN2O2. The second kappa shape index (κ2) is 1.91. The zero-order chi connectivity index (χ0) is 7.02. The van der Waals surface area contributed by atoms with E-state index in [4.69, 9.17) is 5.11 Å². The minimum absolute atomic E-state index is 0.0833. The van der Waals surface area contributed by atoms with Crippen molar-refractivity contribution in [3.8, 4) is 5.88 Å². The Hall–Kier alpha value is -0.710. The molecule has 2 N–H and O–H groups in total. The lowest BCUT2D eigenvalue weighted by Crippen LogP contribution is -2.01. The molecule has 0 spiro atoms. The van der Waals surface area contributed by atoms with Crippen molar-refractivity contribution in [2.75, 3.05) is 0 Å². The van der Waals surface area contributed by atoms with Crippen LogP contribution in [0.4, 0.5) is 0 Å². The molecule has 0 bridgehead atoms. The summed E-state index contributed by atoms with van der Waals surface area (Å²) < 4.78 is 1.40. The third-order valence-corrected chi connectivity index (χ3v) is 1.70. The molecule has 1 heterocycles. The fraction of sp³-hybridized carbons (Fsp3) is 0.250. The number of aryl methyl sites for hydroxylation is 1. The predicted molar refractivity (Wildman–Crippen MR) is 35.4 cm³/mol. The van der Waals surface area contributed by atoms with Crippen molar-refractivity contribution in [1.29, 1.82) is 0 Å². The molecule has 1 aromatic heterocycles. The molecule has 0 aliphatic heterocycles. The number of nitrogens with zero attached hydrogens (tertiary/aromatic N) is 1. The number of H-pyrrole nitrogens is 1. The summed E-state index contributed by atoms with van der Waals surface area (Å²) in [7, 11) is 1.54. The predicted octanol–water partition coefficient (Wildman–Crippen LogP) is 0.181. The Balaban J connectivity index is 3.47. The highest BCUT2D eigenvalue weighted by Crippen LogP contribution is 2.15. The monoisotopic (exact) mass is 192 g/mol. The number of hydrogen-bond acceptors (Lipinski definition) is 2. The number of aromatic nitrogens is 2. The van der Waals surface area contributed by atoms with Crippen LogP contribution >= 0.6 is 15.9 Å². The summed E-state index contributed by atoms with van der Waals surface area (Å²) in [4.78, 5) is 10.6. The molecule has 0 unspecified atom stereocenters. The first-order valence-electron chi connectivity index (χ1n) is 2.26. The van der Waals surface area contributed by atoms with E-state index in [0.29, 0.717) is 0 Å². The summed E-state index contributed by atoms with van der Waals surface area (Å²) in [5.41, 5.74) is -0.324. The molecule has 0 amide bonds. The first-order valence-corrected chi connectivity index (χ1v) is 3.05. The van der Waals surface area contributed by atoms with E-state index in [0.717, 1.165) is 0 Å². The van der Waals surface area contributed by atoms with E-state index in [1.54, 1.807) is 7.05 Å². The van der Waals surface area contributed by atoms with E-state index in [9.17, 15) is 4.79 Å². The second-order valence-electron chi connectivity index (χ2n) is 1.64. The van der Waals surface area contributed by atoms with Crippen molar-refractivity contribution < 1.29 is 5.11 Å². The van der Waals surface area contributed by atoms with Gasteiger partial charge in [-0.2, -0.15) is 0 Å². The number of nitrogens with one attached hydrogen (secondary N) is 1. The molecule has 0 aliphatic carbocycles. The van der Waals surface area contributed by atoms with Crippen LogP contribution < -0.4 is 5.56 Å². The number of aromatic amines is 1. The van der Waals surface area contributed by atoms with Crippen molar-refractivity contribution in [2.24, 2.45) is 7.05 Å². The molecule has 1 rings (SSSR count). The van der Waals surface area contributed by atoms with Gasteiger partial charge in [-0.1, -0.05) is 0 Å². The number of halogens is 1. The van der Waals surface area contributed by atoms with Crippen molar-refractivity contribution in [1.82, 2.24) is 9.78 Å². The molecule has 0 aromatic carbocycles. The summed E-state index contributed by atoms with van der Waals surface area (Å²) in [5.74, 6) is -0.0833. The molecule has 0 saturated carbocycles. The Morgan fingerprint density at radius 2 is 2.33 bits per heavy atom. The first-order chi connectivity index (χ1) is 4.13. The molecule has 50 valence electrons. The number of hydrogen-bond donors (Lipinski definition) is 2. The smallest absolute Gasteiger partial charge is 0.282 e. The molecule has 1 aromatic rings. The molecule has 0 saturated heterocycles. The van der Waals surface area contributed by atoms with Crippen LogP contribution in [0.15, 0.2) is 9.27 Å². The third-order valence-electron chi connectivity index (χ3n) is 0.983. The van der Waals surface area contributed by atoms with E-state index in [-0.39, 0.29) is 15.9 Å². The van der Waals surface area contributed by atoms with Crippen molar-refractivity contribution in [2.45, 2.75) is 0 Å². The molecule has 4 nitrogen and oxygen atoms in total. The van der Waals surface area contributed by atoms with Crippen LogP contribution in [0.3, 0.4) is 0 Å². The summed E-state index contributed by atoms with van der Waals surface area (Å²) in [6.45, 7) is 0. The minimum atomic E-state index is -0.324. The van der Waals surface area contributed by atoms with Crippen LogP contribution in [0.1, 0.15) is 0 Å². The first kappa shape index (κ1) is 6.41. The zero-order valence-corrected chi connectivity index (χ0v) is 6.27. The van der Waals surface area contributed by atoms with Crippen molar-refractivity contribution in [3.63, 3.8) is 0 Å². The lowest BCUT2D eigenvalue weighted by molar-refractivity contribution is 0.416. The highest BCUT2D eigenvalue weighted by atomic mass is 79.9. The lowest BCUT2D eigenvalue weighted by atomic mass is 10.7. The van der Waals surface area contributed by atoms with Crippen LogP contribution in [0.2, 0.25) is 0 Å². The Morgan fingerprint density at radius 1 is 1.78 bits per heavy atom. The van der Waals surface area contributed by atoms with E-state index < -0.39 is 0 Å². The van der Waals surface area contributed by atoms with Crippen LogP contribution in [0.25, 0.3) is 0 Å². The summed E-state index contributed by atoms with van der Waals surface area (Å²) in [5, 5.41) is 11.3. The molecular weight excluding hydrogens is 188 g/mol. The van der Waals surface area contributed by atoms with Gasteiger partial charge in [0.2, 0.25) is 5.88 Å². The van der Waals surface area contributed by atoms with E-state index in [1.165, 1.54) is 4.68 Å². The van der Waals surface area contributed by atoms with Gasteiger partial charge in [0, 0.05) is 7.05 Å². The molecule has 9 heavy (non-hydrogen) atoms. The summed E-state index contributed by atoms with van der Waals surface area (Å²) in [6, 6.07) is 0. The highest BCUT2D eigenvalue weighted by Gasteiger charge is 2.05. The Kier molecular flexibility index (Phi) is 1.36. The van der Waals surface area contributed by atoms with Gasteiger partial charge in [0.15, 0.2) is 0 Å². The maximum absolute atomic E-state index is 10.6. The maximum atomic E-state index is 10.6. The molecule has 0 radical (unpaired) electrons. The third kappa shape index (κ3) is 0.873. The molecule has 0 atom stereocenters. The van der Waals surface area contributed by atoms with Gasteiger partial charge >= 0.3 is 0 Å². The lowest BCUT2D eigenvalue weighted by Gasteiger charge is -1.89. The fourth-order valence-electron chi connectivity index (χ4n) is 0.503. The van der Waals surface area contributed by atoms with Gasteiger partial charge in [-0.25, -0.2) is 0 Å². The largest absolute Gasteiger partial charge is 0.493 e. The van der Waals surface area contributed by atoms with Crippen molar-refractivity contribution >= 4 is 15.9 Å². The minimum Gasteiger partial charge on any atom is -0.493 e. The topological polar surface area (TPSA) is 58.0 Å². The van der Waals surface area contributed by atoms with Crippen LogP contribution in [-0.2, 0) is 7.05 Å². The van der Waals surface area contributed by atoms with Crippen LogP contribution in [0.5, 0.6) is 5.88 Å². The quantitative estimate of drug-likeness (QED) is 0.617. The Bertz CT molecular complexity index is 275. The average molecular weight is 193 g/mol. The maximum Gasteiger partial charge on any atom is 0.282 e. The van der Waals surface area contributed by atoms with Gasteiger partial charge in [0.25, 0.3) is 5.56 Å². The molecule has 0 fully saturated rings.